The number of hydrogen-bond donors (Lipinski definition) is 1. The molecule has 1 fully saturated rings. The van der Waals surface area contributed by atoms with Crippen LogP contribution in [0.25, 0.3) is 10.3 Å². The first-order chi connectivity index (χ1) is 14.5. The normalized spacial score (nSPS) is 16.6. The molecule has 0 radical (unpaired) electrons. The van der Waals surface area contributed by atoms with Crippen LogP contribution in [0.15, 0.2) is 35.6 Å². The third-order valence-electron chi connectivity index (χ3n) is 4.99. The van der Waals surface area contributed by atoms with E-state index >= 15 is 0 Å². The molecule has 3 aromatic rings. The van der Waals surface area contributed by atoms with Crippen molar-refractivity contribution in [3.63, 3.8) is 0 Å². The summed E-state index contributed by atoms with van der Waals surface area (Å²) in [5, 5.41) is 4.61. The fourth-order valence-electron chi connectivity index (χ4n) is 3.44. The number of carbonyl (C=O) groups is 2. The number of thiazole rings is 1. The molecule has 0 bridgehead atoms. The fraction of sp³-hybridized carbons (Fsp3) is 0.381. The molecule has 156 valence electrons. The Bertz CT molecular complexity index is 1070. The number of thioether (sulfide) groups is 1. The van der Waals surface area contributed by atoms with Crippen molar-refractivity contribution >= 4 is 56.0 Å². The summed E-state index contributed by atoms with van der Waals surface area (Å²) in [6, 6.07) is 6.88. The van der Waals surface area contributed by atoms with Crippen LogP contribution in [-0.4, -0.2) is 45.5 Å². The van der Waals surface area contributed by atoms with Gasteiger partial charge in [0.15, 0.2) is 16.6 Å². The van der Waals surface area contributed by atoms with Gasteiger partial charge in [-0.25, -0.2) is 9.97 Å². The summed E-state index contributed by atoms with van der Waals surface area (Å²) >= 11 is 2.98. The summed E-state index contributed by atoms with van der Waals surface area (Å²) in [6.45, 7) is 5.82. The molecule has 1 aliphatic rings. The number of ketones is 1. The maximum absolute atomic E-state index is 12.4. The van der Waals surface area contributed by atoms with Crippen molar-refractivity contribution in [2.45, 2.75) is 31.7 Å². The van der Waals surface area contributed by atoms with Gasteiger partial charge in [-0.05, 0) is 49.9 Å². The van der Waals surface area contributed by atoms with Crippen LogP contribution in [0.1, 0.15) is 37.0 Å². The van der Waals surface area contributed by atoms with E-state index in [0.29, 0.717) is 22.8 Å². The predicted octanol–water partition coefficient (Wildman–Crippen LogP) is 4.26. The van der Waals surface area contributed by atoms with Crippen LogP contribution in [0.2, 0.25) is 0 Å². The highest BCUT2D eigenvalue weighted by atomic mass is 32.2. The Morgan fingerprint density at radius 1 is 1.27 bits per heavy atom. The minimum atomic E-state index is -0.128. The number of aromatic nitrogens is 3. The van der Waals surface area contributed by atoms with Crippen molar-refractivity contribution in [1.82, 2.24) is 15.0 Å². The van der Waals surface area contributed by atoms with Gasteiger partial charge in [0.05, 0.1) is 5.75 Å². The first-order valence-electron chi connectivity index (χ1n) is 9.89. The summed E-state index contributed by atoms with van der Waals surface area (Å²) in [7, 11) is 0. The zero-order valence-corrected chi connectivity index (χ0v) is 18.6. The molecule has 1 atom stereocenters. The van der Waals surface area contributed by atoms with Crippen LogP contribution in [0.4, 0.5) is 10.8 Å². The lowest BCUT2D eigenvalue weighted by Crippen LogP contribution is -2.34. The quantitative estimate of drug-likeness (QED) is 0.347. The first kappa shape index (κ1) is 20.7. The van der Waals surface area contributed by atoms with E-state index in [4.69, 9.17) is 4.98 Å². The number of anilines is 2. The van der Waals surface area contributed by atoms with Crippen molar-refractivity contribution in [3.05, 3.63) is 36.2 Å². The second-order valence-corrected chi connectivity index (χ2v) is 9.43. The highest BCUT2D eigenvalue weighted by molar-refractivity contribution is 8.00. The number of piperidine rings is 1. The Morgan fingerprint density at radius 2 is 2.07 bits per heavy atom. The molecule has 2 aromatic heterocycles. The Kier molecular flexibility index (Phi) is 6.29. The summed E-state index contributed by atoms with van der Waals surface area (Å²) < 4.78 is 0.925. The van der Waals surface area contributed by atoms with Crippen molar-refractivity contribution in [2.24, 2.45) is 5.92 Å². The number of carbonyl (C=O) groups excluding carboxylic acids is 2. The highest BCUT2D eigenvalue weighted by Gasteiger charge is 2.21. The molecule has 4 rings (SSSR count). The van der Waals surface area contributed by atoms with Crippen molar-refractivity contribution in [2.75, 3.05) is 29.1 Å². The number of Topliss-reactive ketones (excluding diaryl/α,β-unsaturated/α-hetero) is 1. The average Bonchev–Trinajstić information content (AvgIpc) is 3.18. The second-order valence-electron chi connectivity index (χ2n) is 7.49. The molecule has 0 aliphatic carbocycles. The van der Waals surface area contributed by atoms with Crippen LogP contribution in [-0.2, 0) is 4.79 Å². The maximum Gasteiger partial charge on any atom is 0.234 e. The van der Waals surface area contributed by atoms with E-state index in [9.17, 15) is 9.59 Å². The molecule has 30 heavy (non-hydrogen) atoms. The Balaban J connectivity index is 1.42. The molecule has 0 unspecified atom stereocenters. The smallest absolute Gasteiger partial charge is 0.234 e. The number of hydrogen-bond acceptors (Lipinski definition) is 8. The van der Waals surface area contributed by atoms with Gasteiger partial charge in [0.2, 0.25) is 5.91 Å². The minimum absolute atomic E-state index is 0.000789. The molecular formula is C21H23N5O2S2. The molecule has 3 heterocycles. The maximum atomic E-state index is 12.4. The lowest BCUT2D eigenvalue weighted by molar-refractivity contribution is -0.113. The van der Waals surface area contributed by atoms with E-state index in [-0.39, 0.29) is 17.4 Å². The summed E-state index contributed by atoms with van der Waals surface area (Å²) in [4.78, 5) is 39.4. The summed E-state index contributed by atoms with van der Waals surface area (Å²) in [5.41, 5.74) is 1.97. The van der Waals surface area contributed by atoms with Gasteiger partial charge in [-0.15, -0.1) is 0 Å². The first-order valence-corrected chi connectivity index (χ1v) is 11.7. The monoisotopic (exact) mass is 441 g/mol. The van der Waals surface area contributed by atoms with E-state index in [1.165, 1.54) is 37.9 Å². The van der Waals surface area contributed by atoms with Crippen LogP contribution < -0.4 is 10.2 Å². The topological polar surface area (TPSA) is 88.1 Å². The van der Waals surface area contributed by atoms with Crippen LogP contribution in [0.3, 0.4) is 0 Å². The largest absolute Gasteiger partial charge is 0.348 e. The molecule has 0 spiro atoms. The summed E-state index contributed by atoms with van der Waals surface area (Å²) in [6.07, 6.45) is 3.94. The molecule has 1 amide bonds. The van der Waals surface area contributed by atoms with Gasteiger partial charge >= 0.3 is 0 Å². The van der Waals surface area contributed by atoms with E-state index in [0.717, 1.165) is 27.9 Å². The zero-order valence-electron chi connectivity index (χ0n) is 16.9. The highest BCUT2D eigenvalue weighted by Crippen LogP contribution is 2.35. The minimum Gasteiger partial charge on any atom is -0.348 e. The molecule has 1 saturated heterocycles. The van der Waals surface area contributed by atoms with E-state index in [1.54, 1.807) is 35.6 Å². The zero-order chi connectivity index (χ0) is 21.1. The second kappa shape index (κ2) is 9.09. The van der Waals surface area contributed by atoms with E-state index in [2.05, 4.69) is 27.1 Å². The SMILES string of the molecule is CC(=O)c1ccc(NC(=O)CSc2ncnc3nc(N4CCC[C@@H](C)C4)sc23)cc1. The number of benzene rings is 1. The molecule has 1 aromatic carbocycles. The predicted molar refractivity (Wildman–Crippen MR) is 122 cm³/mol. The molecule has 1 N–H and O–H groups in total. The number of nitrogens with one attached hydrogen (secondary N) is 1. The lowest BCUT2D eigenvalue weighted by atomic mass is 10.0. The summed E-state index contributed by atoms with van der Waals surface area (Å²) in [5.74, 6) is 0.768. The Labute approximate surface area is 183 Å². The van der Waals surface area contributed by atoms with Crippen LogP contribution in [0.5, 0.6) is 0 Å². The van der Waals surface area contributed by atoms with Gasteiger partial charge in [-0.1, -0.05) is 30.0 Å². The molecule has 0 saturated carbocycles. The van der Waals surface area contributed by atoms with Crippen molar-refractivity contribution in [1.29, 1.82) is 0 Å². The Morgan fingerprint density at radius 3 is 2.80 bits per heavy atom. The van der Waals surface area contributed by atoms with Crippen LogP contribution >= 0.6 is 23.1 Å². The molecule has 7 nitrogen and oxygen atoms in total. The van der Waals surface area contributed by atoms with Gasteiger partial charge in [-0.3, -0.25) is 9.59 Å². The molecular weight excluding hydrogens is 418 g/mol. The van der Waals surface area contributed by atoms with E-state index in [1.807, 2.05) is 0 Å². The van der Waals surface area contributed by atoms with Crippen molar-refractivity contribution in [3.8, 4) is 0 Å². The molecule has 9 heteroatoms. The number of nitrogens with zero attached hydrogens (tertiary/aromatic N) is 4. The van der Waals surface area contributed by atoms with Crippen LogP contribution in [0, 0.1) is 5.92 Å². The standard InChI is InChI=1S/C21H23N5O2S2/c1-13-4-3-9-26(10-13)21-25-19-18(30-21)20(23-12-22-19)29-11-17(28)24-16-7-5-15(6-8-16)14(2)27/h5-8,12-13H,3-4,9-11H2,1-2H3,(H,24,28)/t13-/m1/s1. The number of rotatable bonds is 6. The van der Waals surface area contributed by atoms with E-state index < -0.39 is 0 Å². The van der Waals surface area contributed by atoms with Crippen molar-refractivity contribution < 1.29 is 9.59 Å². The lowest BCUT2D eigenvalue weighted by Gasteiger charge is -2.30. The van der Waals surface area contributed by atoms with Gasteiger partial charge in [0, 0.05) is 24.3 Å². The number of amides is 1. The fourth-order valence-corrected chi connectivity index (χ4v) is 5.37. The third-order valence-corrected chi connectivity index (χ3v) is 7.22. The van der Waals surface area contributed by atoms with Gasteiger partial charge < -0.3 is 10.2 Å². The average molecular weight is 442 g/mol. The van der Waals surface area contributed by atoms with Gasteiger partial charge in [0.25, 0.3) is 0 Å². The van der Waals surface area contributed by atoms with Gasteiger partial charge in [-0.2, -0.15) is 4.98 Å². The Hall–Kier alpha value is -2.52. The number of fused-ring (bicyclic) bond motifs is 1. The van der Waals surface area contributed by atoms with Gasteiger partial charge in [0.1, 0.15) is 16.1 Å². The third kappa shape index (κ3) is 4.79. The molecule has 1 aliphatic heterocycles.